The van der Waals surface area contributed by atoms with Crippen LogP contribution >= 0.6 is 23.4 Å². The lowest BCUT2D eigenvalue weighted by atomic mass is 10.4. The first-order chi connectivity index (χ1) is 10.3. The highest BCUT2D eigenvalue weighted by Gasteiger charge is 2.27. The molecule has 6 nitrogen and oxygen atoms in total. The van der Waals surface area contributed by atoms with Crippen molar-refractivity contribution in [2.24, 2.45) is 0 Å². The van der Waals surface area contributed by atoms with E-state index >= 15 is 0 Å². The van der Waals surface area contributed by atoms with Crippen molar-refractivity contribution in [3.8, 4) is 0 Å². The summed E-state index contributed by atoms with van der Waals surface area (Å²) in [6, 6.07) is 4.76. The minimum absolute atomic E-state index is 0.0401. The first-order valence-electron chi connectivity index (χ1n) is 6.59. The quantitative estimate of drug-likeness (QED) is 0.542. The SMILES string of the molecule is CCCSc1cccc(Cl)c1S(=O)(=O)ON(C)C(=O)OCC. The maximum Gasteiger partial charge on any atom is 0.434 e. The molecule has 0 aliphatic rings. The molecule has 1 rings (SSSR count). The molecular formula is C13H18ClNO5S2. The molecule has 0 heterocycles. The zero-order valence-corrected chi connectivity index (χ0v) is 14.9. The normalized spacial score (nSPS) is 11.3. The molecule has 0 fully saturated rings. The third-order valence-corrected chi connectivity index (χ3v) is 5.56. The molecule has 1 aromatic rings. The largest absolute Gasteiger partial charge is 0.448 e. The van der Waals surface area contributed by atoms with Gasteiger partial charge < -0.3 is 4.74 Å². The van der Waals surface area contributed by atoms with Gasteiger partial charge in [-0.2, -0.15) is 13.5 Å². The molecule has 0 N–H and O–H groups in total. The van der Waals surface area contributed by atoms with E-state index in [0.29, 0.717) is 9.96 Å². The van der Waals surface area contributed by atoms with Crippen molar-refractivity contribution in [3.63, 3.8) is 0 Å². The molecule has 0 unspecified atom stereocenters. The smallest absolute Gasteiger partial charge is 0.434 e. The predicted molar refractivity (Wildman–Crippen MR) is 85.5 cm³/mol. The number of halogens is 1. The molecule has 0 aliphatic carbocycles. The number of carbonyl (C=O) groups excluding carboxylic acids is 1. The molecule has 0 saturated heterocycles. The van der Waals surface area contributed by atoms with Crippen LogP contribution in [0.1, 0.15) is 20.3 Å². The Morgan fingerprint density at radius 2 is 2.05 bits per heavy atom. The fourth-order valence-corrected chi connectivity index (χ4v) is 4.37. The van der Waals surface area contributed by atoms with Crippen LogP contribution < -0.4 is 0 Å². The number of hydrogen-bond donors (Lipinski definition) is 0. The van der Waals surface area contributed by atoms with Gasteiger partial charge in [0, 0.05) is 11.9 Å². The highest BCUT2D eigenvalue weighted by atomic mass is 35.5. The van der Waals surface area contributed by atoms with Gasteiger partial charge in [0.15, 0.2) is 0 Å². The molecule has 9 heteroatoms. The second kappa shape index (κ2) is 8.61. The Labute approximate surface area is 139 Å². The number of rotatable bonds is 7. The molecule has 0 atom stereocenters. The lowest BCUT2D eigenvalue weighted by Gasteiger charge is -2.17. The highest BCUT2D eigenvalue weighted by Crippen LogP contribution is 2.34. The Morgan fingerprint density at radius 1 is 1.36 bits per heavy atom. The molecular weight excluding hydrogens is 350 g/mol. The van der Waals surface area contributed by atoms with E-state index in [2.05, 4.69) is 4.74 Å². The van der Waals surface area contributed by atoms with Crippen molar-refractivity contribution in [2.45, 2.75) is 30.1 Å². The van der Waals surface area contributed by atoms with Gasteiger partial charge in [-0.3, -0.25) is 0 Å². The van der Waals surface area contributed by atoms with E-state index < -0.39 is 16.2 Å². The van der Waals surface area contributed by atoms with Gasteiger partial charge in [-0.1, -0.05) is 24.6 Å². The van der Waals surface area contributed by atoms with E-state index in [1.807, 2.05) is 6.92 Å². The number of amides is 1. The van der Waals surface area contributed by atoms with Crippen molar-refractivity contribution in [1.29, 1.82) is 0 Å². The molecule has 0 saturated carbocycles. The fourth-order valence-electron chi connectivity index (χ4n) is 1.49. The number of nitrogens with zero attached hydrogens (tertiary/aromatic N) is 1. The predicted octanol–water partition coefficient (Wildman–Crippen LogP) is 3.55. The van der Waals surface area contributed by atoms with Crippen LogP contribution in [0.25, 0.3) is 0 Å². The van der Waals surface area contributed by atoms with Crippen molar-refractivity contribution in [2.75, 3.05) is 19.4 Å². The summed E-state index contributed by atoms with van der Waals surface area (Å²) in [5, 5.41) is 0.564. The number of ether oxygens (including phenoxy) is 1. The molecule has 0 radical (unpaired) electrons. The fraction of sp³-hybridized carbons (Fsp3) is 0.462. The molecule has 1 amide bonds. The maximum atomic E-state index is 12.4. The Bertz CT molecular complexity index is 621. The first kappa shape index (κ1) is 19.1. The molecule has 22 heavy (non-hydrogen) atoms. The van der Waals surface area contributed by atoms with Crippen LogP contribution in [-0.2, 0) is 19.1 Å². The van der Waals surface area contributed by atoms with Gasteiger partial charge in [-0.15, -0.1) is 16.0 Å². The van der Waals surface area contributed by atoms with Gasteiger partial charge >= 0.3 is 16.2 Å². The Kier molecular flexibility index (Phi) is 7.47. The van der Waals surface area contributed by atoms with Gasteiger partial charge in [0.05, 0.1) is 11.6 Å². The van der Waals surface area contributed by atoms with Crippen LogP contribution in [0.2, 0.25) is 5.02 Å². The summed E-state index contributed by atoms with van der Waals surface area (Å²) in [6.45, 7) is 3.70. The van der Waals surface area contributed by atoms with Crippen molar-refractivity contribution >= 4 is 39.6 Å². The average molecular weight is 368 g/mol. The summed E-state index contributed by atoms with van der Waals surface area (Å²) in [7, 11) is -3.08. The monoisotopic (exact) mass is 367 g/mol. The summed E-state index contributed by atoms with van der Waals surface area (Å²) < 4.78 is 34.2. The van der Waals surface area contributed by atoms with E-state index in [1.165, 1.54) is 17.8 Å². The molecule has 124 valence electrons. The molecule has 0 spiro atoms. The van der Waals surface area contributed by atoms with Crippen LogP contribution in [-0.4, -0.2) is 39.0 Å². The summed E-state index contributed by atoms with van der Waals surface area (Å²) in [4.78, 5) is 11.8. The Hall–Kier alpha value is -0.960. The Morgan fingerprint density at radius 3 is 2.64 bits per heavy atom. The minimum atomic E-state index is -4.24. The summed E-state index contributed by atoms with van der Waals surface area (Å²) in [5.41, 5.74) is 0. The van der Waals surface area contributed by atoms with Gasteiger partial charge in [0.2, 0.25) is 0 Å². The molecule has 0 bridgehead atoms. The van der Waals surface area contributed by atoms with Crippen molar-refractivity contribution < 1.29 is 22.2 Å². The summed E-state index contributed by atoms with van der Waals surface area (Å²) >= 11 is 7.37. The molecule has 1 aromatic carbocycles. The Balaban J connectivity index is 3.09. The number of benzene rings is 1. The average Bonchev–Trinajstić information content (AvgIpc) is 2.44. The van der Waals surface area contributed by atoms with E-state index in [0.717, 1.165) is 19.2 Å². The summed E-state index contributed by atoms with van der Waals surface area (Å²) in [5.74, 6) is 0.733. The zero-order chi connectivity index (χ0) is 16.8. The number of thioether (sulfide) groups is 1. The third kappa shape index (κ3) is 5.05. The second-order valence-electron chi connectivity index (χ2n) is 4.14. The van der Waals surface area contributed by atoms with Gasteiger partial charge in [0.25, 0.3) is 0 Å². The van der Waals surface area contributed by atoms with Crippen LogP contribution in [0.15, 0.2) is 28.0 Å². The number of hydrogen-bond acceptors (Lipinski definition) is 6. The topological polar surface area (TPSA) is 72.9 Å². The van der Waals surface area contributed by atoms with Gasteiger partial charge in [-0.05, 0) is 31.2 Å². The van der Waals surface area contributed by atoms with E-state index in [4.69, 9.17) is 15.9 Å². The van der Waals surface area contributed by atoms with Gasteiger partial charge in [-0.25, -0.2) is 4.79 Å². The van der Waals surface area contributed by atoms with E-state index in [9.17, 15) is 13.2 Å². The lowest BCUT2D eigenvalue weighted by Crippen LogP contribution is -2.30. The standard InChI is InChI=1S/C13H18ClNO5S2/c1-4-9-21-11-8-6-7-10(14)12(11)22(17,18)20-15(3)13(16)19-5-2/h6-8H,4-5,9H2,1-3H3. The van der Waals surface area contributed by atoms with E-state index in [-0.39, 0.29) is 16.5 Å². The van der Waals surface area contributed by atoms with Crippen LogP contribution in [0.3, 0.4) is 0 Å². The zero-order valence-electron chi connectivity index (χ0n) is 12.5. The first-order valence-corrected chi connectivity index (χ1v) is 9.37. The van der Waals surface area contributed by atoms with Crippen molar-refractivity contribution in [1.82, 2.24) is 5.06 Å². The number of carbonyl (C=O) groups is 1. The van der Waals surface area contributed by atoms with E-state index in [1.54, 1.807) is 19.1 Å². The molecule has 0 aromatic heterocycles. The van der Waals surface area contributed by atoms with Crippen LogP contribution in [0.5, 0.6) is 0 Å². The van der Waals surface area contributed by atoms with Gasteiger partial charge in [0.1, 0.15) is 4.90 Å². The maximum absolute atomic E-state index is 12.4. The van der Waals surface area contributed by atoms with Crippen LogP contribution in [0.4, 0.5) is 4.79 Å². The second-order valence-corrected chi connectivity index (χ2v) is 7.15. The highest BCUT2D eigenvalue weighted by molar-refractivity contribution is 8.00. The third-order valence-electron chi connectivity index (χ3n) is 2.38. The number of hydroxylamine groups is 2. The minimum Gasteiger partial charge on any atom is -0.448 e. The van der Waals surface area contributed by atoms with Crippen LogP contribution in [0, 0.1) is 0 Å². The lowest BCUT2D eigenvalue weighted by molar-refractivity contribution is -0.0208. The summed E-state index contributed by atoms with van der Waals surface area (Å²) in [6.07, 6.45) is -0.0267. The van der Waals surface area contributed by atoms with Crippen molar-refractivity contribution in [3.05, 3.63) is 23.2 Å². The molecule has 0 aliphatic heterocycles.